The molecule has 3 fully saturated rings. The molecule has 2 atom stereocenters. The third-order valence-electron chi connectivity index (χ3n) is 4.77. The number of ether oxygens (including phenoxy) is 1. The van der Waals surface area contributed by atoms with E-state index in [2.05, 4.69) is 0 Å². The summed E-state index contributed by atoms with van der Waals surface area (Å²) in [5.74, 6) is 0.679. The Hall–Kier alpha value is -0.870. The van der Waals surface area contributed by atoms with E-state index in [1.807, 2.05) is 6.07 Å². The fraction of sp³-hybridized carbons (Fsp3) is 0.600. The first-order valence-electron chi connectivity index (χ1n) is 6.96. The average molecular weight is 280 g/mol. The highest BCUT2D eigenvalue weighted by atomic mass is 32.2. The summed E-state index contributed by atoms with van der Waals surface area (Å²) in [7, 11) is -1.63. The van der Waals surface area contributed by atoms with Crippen LogP contribution >= 0.6 is 0 Å². The molecule has 1 aromatic rings. The summed E-state index contributed by atoms with van der Waals surface area (Å²) in [6, 6.07) is 8.82. The molecule has 0 radical (unpaired) electrons. The molecule has 0 spiro atoms. The molecule has 104 valence electrons. The van der Waals surface area contributed by atoms with E-state index in [-0.39, 0.29) is 17.3 Å². The summed E-state index contributed by atoms with van der Waals surface area (Å²) >= 11 is 0. The lowest BCUT2D eigenvalue weighted by Crippen LogP contribution is -2.52. The van der Waals surface area contributed by atoms with Gasteiger partial charge in [-0.3, -0.25) is 0 Å². The Balaban J connectivity index is 2.00. The maximum Gasteiger partial charge on any atom is 0.184 e. The molecule has 0 aliphatic heterocycles. The normalized spacial score (nSPS) is 34.4. The van der Waals surface area contributed by atoms with Crippen LogP contribution < -0.4 is 0 Å². The quantitative estimate of drug-likeness (QED) is 0.855. The van der Waals surface area contributed by atoms with E-state index in [9.17, 15) is 8.42 Å². The molecule has 1 aromatic carbocycles. The second kappa shape index (κ2) is 4.91. The van der Waals surface area contributed by atoms with Crippen molar-refractivity contribution in [3.63, 3.8) is 0 Å². The summed E-state index contributed by atoms with van der Waals surface area (Å²) in [5, 5.41) is -0.354. The molecular formula is C15H20O3S. The van der Waals surface area contributed by atoms with Crippen molar-refractivity contribution in [1.82, 2.24) is 0 Å². The van der Waals surface area contributed by atoms with Gasteiger partial charge in [0, 0.05) is 7.11 Å². The first-order valence-corrected chi connectivity index (χ1v) is 8.51. The summed E-state index contributed by atoms with van der Waals surface area (Å²) in [6.45, 7) is 0. The zero-order chi connectivity index (χ0) is 13.5. The highest BCUT2D eigenvalue weighted by molar-refractivity contribution is 7.92. The molecule has 0 N–H and O–H groups in total. The highest BCUT2D eigenvalue weighted by Crippen LogP contribution is 2.46. The van der Waals surface area contributed by atoms with Crippen LogP contribution in [0.1, 0.15) is 25.7 Å². The molecule has 19 heavy (non-hydrogen) atoms. The maximum absolute atomic E-state index is 12.9. The Morgan fingerprint density at radius 2 is 1.58 bits per heavy atom. The number of sulfone groups is 1. The van der Waals surface area contributed by atoms with Gasteiger partial charge in [0.25, 0.3) is 0 Å². The molecule has 0 amide bonds. The molecule has 3 saturated carbocycles. The molecule has 0 heterocycles. The molecule has 3 aliphatic rings. The van der Waals surface area contributed by atoms with Crippen LogP contribution in [0.4, 0.5) is 0 Å². The lowest BCUT2D eigenvalue weighted by molar-refractivity contribution is -0.0248. The van der Waals surface area contributed by atoms with Gasteiger partial charge in [-0.15, -0.1) is 0 Å². The Morgan fingerprint density at radius 3 is 2.16 bits per heavy atom. The molecule has 2 bridgehead atoms. The molecule has 4 rings (SSSR count). The van der Waals surface area contributed by atoms with Crippen molar-refractivity contribution in [2.24, 2.45) is 11.8 Å². The van der Waals surface area contributed by atoms with Crippen molar-refractivity contribution >= 4 is 9.84 Å². The minimum absolute atomic E-state index is 0.127. The van der Waals surface area contributed by atoms with Gasteiger partial charge in [-0.25, -0.2) is 8.42 Å². The van der Waals surface area contributed by atoms with Gasteiger partial charge in [0.15, 0.2) is 9.84 Å². The minimum Gasteiger partial charge on any atom is -0.380 e. The number of rotatable bonds is 3. The van der Waals surface area contributed by atoms with Crippen LogP contribution in [0.3, 0.4) is 0 Å². The smallest absolute Gasteiger partial charge is 0.184 e. The number of hydrogen-bond acceptors (Lipinski definition) is 3. The van der Waals surface area contributed by atoms with E-state index >= 15 is 0 Å². The summed E-state index contributed by atoms with van der Waals surface area (Å²) in [6.07, 6.45) is 4.16. The monoisotopic (exact) mass is 280 g/mol. The van der Waals surface area contributed by atoms with Crippen LogP contribution in [0.25, 0.3) is 0 Å². The van der Waals surface area contributed by atoms with Crippen molar-refractivity contribution in [2.45, 2.75) is 41.9 Å². The van der Waals surface area contributed by atoms with Gasteiger partial charge in [-0.2, -0.15) is 0 Å². The summed E-state index contributed by atoms with van der Waals surface area (Å²) < 4.78 is 31.3. The van der Waals surface area contributed by atoms with Gasteiger partial charge < -0.3 is 4.74 Å². The number of methoxy groups -OCH3 is 1. The SMILES string of the molecule is CO[C@H]1C2CCC(CC2)[C@@H]1S(=O)(=O)c1ccccc1. The van der Waals surface area contributed by atoms with Crippen molar-refractivity contribution < 1.29 is 13.2 Å². The van der Waals surface area contributed by atoms with Crippen LogP contribution in [-0.4, -0.2) is 26.9 Å². The standard InChI is InChI=1S/C15H20O3S/c1-18-14-11-7-9-12(10-8-11)15(14)19(16,17)13-5-3-2-4-6-13/h2-6,11-12,14-15H,7-10H2,1H3/t11?,12?,14-,15-/m0/s1. The fourth-order valence-electron chi connectivity index (χ4n) is 3.86. The number of fused-ring (bicyclic) bond motifs is 3. The number of benzene rings is 1. The van der Waals surface area contributed by atoms with E-state index in [0.717, 1.165) is 25.7 Å². The Bertz CT molecular complexity index is 530. The van der Waals surface area contributed by atoms with Crippen LogP contribution in [0, 0.1) is 11.8 Å². The highest BCUT2D eigenvalue weighted by Gasteiger charge is 2.50. The molecule has 0 unspecified atom stereocenters. The second-order valence-corrected chi connectivity index (χ2v) is 7.80. The van der Waals surface area contributed by atoms with E-state index in [1.54, 1.807) is 31.4 Å². The zero-order valence-electron chi connectivity index (χ0n) is 11.2. The van der Waals surface area contributed by atoms with E-state index in [1.165, 1.54) is 0 Å². The predicted octanol–water partition coefficient (Wildman–Crippen LogP) is 2.66. The van der Waals surface area contributed by atoms with Crippen LogP contribution in [0.5, 0.6) is 0 Å². The van der Waals surface area contributed by atoms with E-state index in [4.69, 9.17) is 4.74 Å². The third kappa shape index (κ3) is 2.11. The van der Waals surface area contributed by atoms with Crippen molar-refractivity contribution in [1.29, 1.82) is 0 Å². The van der Waals surface area contributed by atoms with Gasteiger partial charge >= 0.3 is 0 Å². The summed E-state index contributed by atoms with van der Waals surface area (Å²) in [5.41, 5.74) is 0. The molecule has 4 heteroatoms. The lowest BCUT2D eigenvalue weighted by Gasteiger charge is -2.47. The van der Waals surface area contributed by atoms with Gasteiger partial charge in [0.1, 0.15) is 0 Å². The molecule has 0 aromatic heterocycles. The lowest BCUT2D eigenvalue weighted by atomic mass is 9.68. The van der Waals surface area contributed by atoms with Gasteiger partial charge in [0.2, 0.25) is 0 Å². The van der Waals surface area contributed by atoms with Gasteiger partial charge in [0.05, 0.1) is 16.2 Å². The minimum atomic E-state index is -3.28. The predicted molar refractivity (Wildman–Crippen MR) is 73.7 cm³/mol. The van der Waals surface area contributed by atoms with Gasteiger partial charge in [-0.1, -0.05) is 18.2 Å². The first-order chi connectivity index (χ1) is 9.14. The molecular weight excluding hydrogens is 260 g/mol. The Morgan fingerprint density at radius 1 is 1.00 bits per heavy atom. The van der Waals surface area contributed by atoms with Crippen LogP contribution in [-0.2, 0) is 14.6 Å². The van der Waals surface area contributed by atoms with Crippen LogP contribution in [0.15, 0.2) is 35.2 Å². The summed E-state index contributed by atoms with van der Waals surface area (Å²) in [4.78, 5) is 0.439. The van der Waals surface area contributed by atoms with Crippen molar-refractivity contribution in [2.75, 3.05) is 7.11 Å². The number of hydrogen-bond donors (Lipinski definition) is 0. The maximum atomic E-state index is 12.9. The van der Waals surface area contributed by atoms with E-state index in [0.29, 0.717) is 10.8 Å². The molecule has 3 nitrogen and oxygen atoms in total. The van der Waals surface area contributed by atoms with Gasteiger partial charge in [-0.05, 0) is 49.7 Å². The van der Waals surface area contributed by atoms with Crippen LogP contribution in [0.2, 0.25) is 0 Å². The molecule has 3 aliphatic carbocycles. The van der Waals surface area contributed by atoms with E-state index < -0.39 is 9.84 Å². The second-order valence-electron chi connectivity index (χ2n) is 5.70. The fourth-order valence-corrected chi connectivity index (χ4v) is 6.18. The molecule has 0 saturated heterocycles. The Labute approximate surface area is 114 Å². The largest absolute Gasteiger partial charge is 0.380 e. The third-order valence-corrected chi connectivity index (χ3v) is 7.07. The average Bonchev–Trinajstić information content (AvgIpc) is 2.48. The topological polar surface area (TPSA) is 43.4 Å². The van der Waals surface area contributed by atoms with Crippen molar-refractivity contribution in [3.8, 4) is 0 Å². The first kappa shape index (κ1) is 13.1. The Kier molecular flexibility index (Phi) is 3.39. The zero-order valence-corrected chi connectivity index (χ0v) is 12.0. The van der Waals surface area contributed by atoms with Crippen molar-refractivity contribution in [3.05, 3.63) is 30.3 Å².